The van der Waals surface area contributed by atoms with Crippen LogP contribution in [-0.4, -0.2) is 47.1 Å². The molecule has 1 saturated carbocycles. The van der Waals surface area contributed by atoms with E-state index in [1.165, 1.54) is 12.8 Å². The number of nitrogens with zero attached hydrogens (tertiary/aromatic N) is 3. The van der Waals surface area contributed by atoms with E-state index < -0.39 is 0 Å². The fraction of sp³-hybridized carbons (Fsp3) is 0.750. The number of likely N-dealkylation sites (N-methyl/N-ethyl adjacent to an activating group) is 1. The average Bonchev–Trinajstić information content (AvgIpc) is 3.28. The molecule has 0 bridgehead atoms. The highest BCUT2D eigenvalue weighted by molar-refractivity contribution is 5.47. The van der Waals surface area contributed by atoms with Gasteiger partial charge in [0.25, 0.3) is 0 Å². The molecular formula is C16H29N5. The summed E-state index contributed by atoms with van der Waals surface area (Å²) >= 11 is 0. The predicted octanol–water partition coefficient (Wildman–Crippen LogP) is 2.93. The van der Waals surface area contributed by atoms with Crippen molar-refractivity contribution < 1.29 is 0 Å². The molecule has 1 aliphatic carbocycles. The van der Waals surface area contributed by atoms with Gasteiger partial charge < -0.3 is 10.6 Å². The quantitative estimate of drug-likeness (QED) is 0.732. The zero-order valence-electron chi connectivity index (χ0n) is 13.8. The second kappa shape index (κ2) is 7.59. The molecule has 21 heavy (non-hydrogen) atoms. The van der Waals surface area contributed by atoms with E-state index in [1.807, 2.05) is 6.07 Å². The SMILES string of the molecule is CCNc1cc(NCCN(CC)C2CC2)nc(C(C)C)n1. The van der Waals surface area contributed by atoms with Crippen molar-refractivity contribution in [1.82, 2.24) is 14.9 Å². The molecule has 0 aromatic carbocycles. The summed E-state index contributed by atoms with van der Waals surface area (Å²) < 4.78 is 0. The first-order valence-corrected chi connectivity index (χ1v) is 8.24. The number of hydrogen-bond acceptors (Lipinski definition) is 5. The van der Waals surface area contributed by atoms with Crippen molar-refractivity contribution >= 4 is 11.6 Å². The summed E-state index contributed by atoms with van der Waals surface area (Å²) in [5, 5.41) is 6.73. The molecule has 2 N–H and O–H groups in total. The van der Waals surface area contributed by atoms with Crippen LogP contribution in [0.15, 0.2) is 6.07 Å². The summed E-state index contributed by atoms with van der Waals surface area (Å²) in [7, 11) is 0. The van der Waals surface area contributed by atoms with Crippen LogP contribution in [0.2, 0.25) is 0 Å². The van der Waals surface area contributed by atoms with Crippen molar-refractivity contribution in [3.8, 4) is 0 Å². The van der Waals surface area contributed by atoms with Crippen molar-refractivity contribution in [3.63, 3.8) is 0 Å². The van der Waals surface area contributed by atoms with E-state index in [0.717, 1.165) is 49.7 Å². The molecule has 2 rings (SSSR count). The first-order chi connectivity index (χ1) is 10.1. The number of nitrogens with one attached hydrogen (secondary N) is 2. The van der Waals surface area contributed by atoms with Crippen LogP contribution in [0, 0.1) is 0 Å². The van der Waals surface area contributed by atoms with Gasteiger partial charge in [-0.25, -0.2) is 9.97 Å². The molecule has 1 heterocycles. The Morgan fingerprint density at radius 2 is 1.86 bits per heavy atom. The molecule has 1 fully saturated rings. The Morgan fingerprint density at radius 1 is 1.19 bits per heavy atom. The number of aromatic nitrogens is 2. The van der Waals surface area contributed by atoms with Crippen LogP contribution in [0.25, 0.3) is 0 Å². The zero-order chi connectivity index (χ0) is 15.2. The Hall–Kier alpha value is -1.36. The first kappa shape index (κ1) is 16.0. The minimum absolute atomic E-state index is 0.336. The fourth-order valence-electron chi connectivity index (χ4n) is 2.45. The van der Waals surface area contributed by atoms with Gasteiger partial charge in [0.05, 0.1) is 0 Å². The monoisotopic (exact) mass is 291 g/mol. The van der Waals surface area contributed by atoms with Crippen molar-refractivity contribution in [1.29, 1.82) is 0 Å². The molecule has 1 aliphatic rings. The van der Waals surface area contributed by atoms with Crippen molar-refractivity contribution in [2.24, 2.45) is 0 Å². The van der Waals surface area contributed by atoms with Gasteiger partial charge in [0.1, 0.15) is 17.5 Å². The number of rotatable bonds is 9. The van der Waals surface area contributed by atoms with Gasteiger partial charge in [0, 0.05) is 37.7 Å². The van der Waals surface area contributed by atoms with Crippen molar-refractivity contribution in [2.45, 2.75) is 52.5 Å². The molecule has 0 radical (unpaired) electrons. The summed E-state index contributed by atoms with van der Waals surface area (Å²) in [6, 6.07) is 2.83. The van der Waals surface area contributed by atoms with Gasteiger partial charge in [-0.2, -0.15) is 0 Å². The van der Waals surface area contributed by atoms with Gasteiger partial charge in [-0.3, -0.25) is 4.90 Å². The van der Waals surface area contributed by atoms with E-state index in [1.54, 1.807) is 0 Å². The van der Waals surface area contributed by atoms with Crippen LogP contribution in [0.4, 0.5) is 11.6 Å². The lowest BCUT2D eigenvalue weighted by Gasteiger charge is -2.20. The van der Waals surface area contributed by atoms with E-state index in [4.69, 9.17) is 0 Å². The Balaban J connectivity index is 1.94. The molecular weight excluding hydrogens is 262 g/mol. The Labute approximate surface area is 128 Å². The summed E-state index contributed by atoms with van der Waals surface area (Å²) in [4.78, 5) is 11.7. The maximum Gasteiger partial charge on any atom is 0.135 e. The highest BCUT2D eigenvalue weighted by Crippen LogP contribution is 2.26. The van der Waals surface area contributed by atoms with E-state index in [9.17, 15) is 0 Å². The van der Waals surface area contributed by atoms with Crippen molar-refractivity contribution in [3.05, 3.63) is 11.9 Å². The van der Waals surface area contributed by atoms with E-state index in [2.05, 4.69) is 53.2 Å². The van der Waals surface area contributed by atoms with Crippen LogP contribution < -0.4 is 10.6 Å². The lowest BCUT2D eigenvalue weighted by atomic mass is 10.2. The number of hydrogen-bond donors (Lipinski definition) is 2. The minimum Gasteiger partial charge on any atom is -0.370 e. The van der Waals surface area contributed by atoms with Gasteiger partial charge in [0.2, 0.25) is 0 Å². The second-order valence-corrected chi connectivity index (χ2v) is 5.97. The van der Waals surface area contributed by atoms with Gasteiger partial charge in [0.15, 0.2) is 0 Å². The molecule has 1 aromatic rings. The van der Waals surface area contributed by atoms with Gasteiger partial charge in [-0.1, -0.05) is 20.8 Å². The predicted molar refractivity (Wildman–Crippen MR) is 89.0 cm³/mol. The van der Waals surface area contributed by atoms with Crippen LogP contribution in [0.1, 0.15) is 52.3 Å². The van der Waals surface area contributed by atoms with E-state index in [-0.39, 0.29) is 0 Å². The normalized spacial score (nSPS) is 14.8. The van der Waals surface area contributed by atoms with E-state index >= 15 is 0 Å². The highest BCUT2D eigenvalue weighted by atomic mass is 15.2. The largest absolute Gasteiger partial charge is 0.370 e. The summed E-state index contributed by atoms with van der Waals surface area (Å²) in [5.74, 6) is 3.07. The molecule has 0 atom stereocenters. The molecule has 0 aliphatic heterocycles. The van der Waals surface area contributed by atoms with Gasteiger partial charge in [-0.15, -0.1) is 0 Å². The van der Waals surface area contributed by atoms with E-state index in [0.29, 0.717) is 5.92 Å². The Morgan fingerprint density at radius 3 is 2.38 bits per heavy atom. The molecule has 5 nitrogen and oxygen atoms in total. The lowest BCUT2D eigenvalue weighted by Crippen LogP contribution is -2.31. The molecule has 118 valence electrons. The van der Waals surface area contributed by atoms with Crippen LogP contribution in [-0.2, 0) is 0 Å². The molecule has 1 aromatic heterocycles. The standard InChI is InChI=1S/C16H29N5/c1-5-17-14-11-15(20-16(19-14)12(3)4)18-9-10-21(6-2)13-7-8-13/h11-13H,5-10H2,1-4H3,(H2,17,18,19,20). The van der Waals surface area contributed by atoms with Crippen LogP contribution >= 0.6 is 0 Å². The fourth-order valence-corrected chi connectivity index (χ4v) is 2.45. The summed E-state index contributed by atoms with van der Waals surface area (Å²) in [6.45, 7) is 12.6. The second-order valence-electron chi connectivity index (χ2n) is 5.97. The minimum atomic E-state index is 0.336. The first-order valence-electron chi connectivity index (χ1n) is 8.24. The topological polar surface area (TPSA) is 53.1 Å². The third-order valence-corrected chi connectivity index (χ3v) is 3.79. The van der Waals surface area contributed by atoms with Crippen molar-refractivity contribution in [2.75, 3.05) is 36.8 Å². The Kier molecular flexibility index (Phi) is 5.79. The maximum absolute atomic E-state index is 4.62. The highest BCUT2D eigenvalue weighted by Gasteiger charge is 2.27. The number of anilines is 2. The third kappa shape index (κ3) is 4.84. The molecule has 0 unspecified atom stereocenters. The Bertz CT molecular complexity index is 442. The zero-order valence-corrected chi connectivity index (χ0v) is 13.8. The summed E-state index contributed by atoms with van der Waals surface area (Å²) in [5.41, 5.74) is 0. The maximum atomic E-state index is 4.62. The van der Waals surface area contributed by atoms with Gasteiger partial charge >= 0.3 is 0 Å². The molecule has 0 spiro atoms. The van der Waals surface area contributed by atoms with Gasteiger partial charge in [-0.05, 0) is 26.3 Å². The van der Waals surface area contributed by atoms with Crippen LogP contribution in [0.5, 0.6) is 0 Å². The van der Waals surface area contributed by atoms with Crippen LogP contribution in [0.3, 0.4) is 0 Å². The smallest absolute Gasteiger partial charge is 0.135 e. The summed E-state index contributed by atoms with van der Waals surface area (Å²) in [6.07, 6.45) is 2.73. The molecule has 0 amide bonds. The molecule has 0 saturated heterocycles. The molecule has 5 heteroatoms. The third-order valence-electron chi connectivity index (χ3n) is 3.79. The average molecular weight is 291 g/mol. The lowest BCUT2D eigenvalue weighted by molar-refractivity contribution is 0.289.